The number of primary amides is 1. The van der Waals surface area contributed by atoms with Crippen LogP contribution in [0.5, 0.6) is 0 Å². The molecular weight excluding hydrogens is 238 g/mol. The van der Waals surface area contributed by atoms with Crippen LogP contribution >= 0.6 is 0 Å². The second-order valence-electron chi connectivity index (χ2n) is 6.40. The quantitative estimate of drug-likeness (QED) is 0.737. The van der Waals surface area contributed by atoms with E-state index in [-0.39, 0.29) is 5.91 Å². The van der Waals surface area contributed by atoms with Crippen molar-refractivity contribution in [3.63, 3.8) is 0 Å². The first kappa shape index (κ1) is 14.8. The number of nitrogens with one attached hydrogen (secondary N) is 1. The van der Waals surface area contributed by atoms with Crippen LogP contribution in [0.4, 0.5) is 0 Å². The number of carbonyl (C=O) groups is 1. The van der Waals surface area contributed by atoms with Gasteiger partial charge in [-0.3, -0.25) is 4.79 Å². The molecular formula is C15H29N3O. The summed E-state index contributed by atoms with van der Waals surface area (Å²) in [6.07, 6.45) is 7.59. The van der Waals surface area contributed by atoms with Crippen molar-refractivity contribution >= 4 is 5.91 Å². The van der Waals surface area contributed by atoms with Crippen LogP contribution in [0.1, 0.15) is 58.8 Å². The normalized spacial score (nSPS) is 31.3. The Morgan fingerprint density at radius 2 is 2.00 bits per heavy atom. The Morgan fingerprint density at radius 1 is 1.37 bits per heavy atom. The van der Waals surface area contributed by atoms with Crippen molar-refractivity contribution < 1.29 is 4.79 Å². The third kappa shape index (κ3) is 3.11. The number of nitrogens with two attached hydrogens (primary N) is 1. The van der Waals surface area contributed by atoms with Gasteiger partial charge in [0.15, 0.2) is 0 Å². The van der Waals surface area contributed by atoms with Gasteiger partial charge in [0.1, 0.15) is 0 Å². The molecule has 0 bridgehead atoms. The first-order valence-electron chi connectivity index (χ1n) is 7.82. The van der Waals surface area contributed by atoms with Crippen molar-refractivity contribution in [2.24, 2.45) is 5.73 Å². The molecule has 0 radical (unpaired) electrons. The number of hydrogen-bond acceptors (Lipinski definition) is 3. The molecule has 2 saturated carbocycles. The summed E-state index contributed by atoms with van der Waals surface area (Å²) >= 11 is 0. The molecule has 2 fully saturated rings. The van der Waals surface area contributed by atoms with E-state index >= 15 is 0 Å². The predicted molar refractivity (Wildman–Crippen MR) is 77.9 cm³/mol. The van der Waals surface area contributed by atoms with Gasteiger partial charge in [-0.05, 0) is 52.0 Å². The van der Waals surface area contributed by atoms with Crippen molar-refractivity contribution in [2.75, 3.05) is 7.05 Å². The molecule has 0 aromatic heterocycles. The lowest BCUT2D eigenvalue weighted by Gasteiger charge is -2.34. The van der Waals surface area contributed by atoms with Gasteiger partial charge in [0.2, 0.25) is 5.91 Å². The van der Waals surface area contributed by atoms with E-state index in [0.717, 1.165) is 19.3 Å². The fourth-order valence-corrected chi connectivity index (χ4v) is 3.57. The number of nitrogens with zero attached hydrogens (tertiary/aromatic N) is 1. The lowest BCUT2D eigenvalue weighted by Crippen LogP contribution is -2.55. The SMILES string of the molecule is CCC(CC)N(C)C1CCC(NC2CC2)(C(N)=O)C1. The smallest absolute Gasteiger partial charge is 0.237 e. The topological polar surface area (TPSA) is 58.4 Å². The minimum Gasteiger partial charge on any atom is -0.368 e. The van der Waals surface area contributed by atoms with Crippen LogP contribution in [0.25, 0.3) is 0 Å². The molecule has 0 aromatic carbocycles. The third-order valence-electron chi connectivity index (χ3n) is 5.11. The Bertz CT molecular complexity index is 325. The summed E-state index contributed by atoms with van der Waals surface area (Å²) < 4.78 is 0. The van der Waals surface area contributed by atoms with Crippen LogP contribution in [0.3, 0.4) is 0 Å². The zero-order valence-electron chi connectivity index (χ0n) is 12.6. The fourth-order valence-electron chi connectivity index (χ4n) is 3.57. The molecule has 2 rings (SSSR count). The fraction of sp³-hybridized carbons (Fsp3) is 0.933. The number of rotatable bonds is 7. The second kappa shape index (κ2) is 5.80. The average molecular weight is 267 g/mol. The maximum atomic E-state index is 11.9. The van der Waals surface area contributed by atoms with Gasteiger partial charge in [-0.25, -0.2) is 0 Å². The summed E-state index contributed by atoms with van der Waals surface area (Å²) in [7, 11) is 2.20. The molecule has 0 spiro atoms. The van der Waals surface area contributed by atoms with Crippen molar-refractivity contribution in [3.05, 3.63) is 0 Å². The molecule has 3 N–H and O–H groups in total. The molecule has 0 heterocycles. The molecule has 0 saturated heterocycles. The van der Waals surface area contributed by atoms with Gasteiger partial charge >= 0.3 is 0 Å². The van der Waals surface area contributed by atoms with Gasteiger partial charge in [0.05, 0.1) is 5.54 Å². The van der Waals surface area contributed by atoms with Gasteiger partial charge in [-0.1, -0.05) is 13.8 Å². The van der Waals surface area contributed by atoms with Crippen molar-refractivity contribution in [1.29, 1.82) is 0 Å². The Labute approximate surface area is 117 Å². The molecule has 0 aromatic rings. The van der Waals surface area contributed by atoms with Gasteiger partial charge in [-0.15, -0.1) is 0 Å². The molecule has 2 unspecified atom stereocenters. The third-order valence-corrected chi connectivity index (χ3v) is 5.11. The van der Waals surface area contributed by atoms with E-state index < -0.39 is 5.54 Å². The molecule has 110 valence electrons. The second-order valence-corrected chi connectivity index (χ2v) is 6.40. The molecule has 1 amide bonds. The average Bonchev–Trinajstić information content (AvgIpc) is 3.07. The highest BCUT2D eigenvalue weighted by Gasteiger charge is 2.47. The molecule has 19 heavy (non-hydrogen) atoms. The largest absolute Gasteiger partial charge is 0.368 e. The predicted octanol–water partition coefficient (Wildman–Crippen LogP) is 1.64. The van der Waals surface area contributed by atoms with Crippen LogP contribution < -0.4 is 11.1 Å². The summed E-state index contributed by atoms with van der Waals surface area (Å²) in [4.78, 5) is 14.4. The number of hydrogen-bond donors (Lipinski definition) is 2. The van der Waals surface area contributed by atoms with Crippen LogP contribution in [0, 0.1) is 0 Å². The number of amides is 1. The highest BCUT2D eigenvalue weighted by Crippen LogP contribution is 2.36. The van der Waals surface area contributed by atoms with Gasteiger partial charge in [-0.2, -0.15) is 0 Å². The lowest BCUT2D eigenvalue weighted by molar-refractivity contribution is -0.124. The monoisotopic (exact) mass is 267 g/mol. The lowest BCUT2D eigenvalue weighted by atomic mass is 9.95. The minimum atomic E-state index is -0.438. The van der Waals surface area contributed by atoms with E-state index in [0.29, 0.717) is 18.1 Å². The number of carbonyl (C=O) groups excluding carboxylic acids is 1. The zero-order chi connectivity index (χ0) is 14.0. The van der Waals surface area contributed by atoms with E-state index in [2.05, 4.69) is 31.1 Å². The molecule has 2 atom stereocenters. The summed E-state index contributed by atoms with van der Waals surface area (Å²) in [5, 5.41) is 3.52. The van der Waals surface area contributed by atoms with E-state index in [9.17, 15) is 4.79 Å². The Hall–Kier alpha value is -0.610. The van der Waals surface area contributed by atoms with Gasteiger partial charge < -0.3 is 16.0 Å². The molecule has 2 aliphatic carbocycles. The molecule has 4 nitrogen and oxygen atoms in total. The minimum absolute atomic E-state index is 0.153. The van der Waals surface area contributed by atoms with Gasteiger partial charge in [0.25, 0.3) is 0 Å². The first-order chi connectivity index (χ1) is 9.02. The Morgan fingerprint density at radius 3 is 2.47 bits per heavy atom. The zero-order valence-corrected chi connectivity index (χ0v) is 12.6. The summed E-state index contributed by atoms with van der Waals surface area (Å²) in [5.41, 5.74) is 5.25. The van der Waals surface area contributed by atoms with E-state index in [1.807, 2.05) is 0 Å². The maximum absolute atomic E-state index is 11.9. The van der Waals surface area contributed by atoms with Crippen LogP contribution in [0.15, 0.2) is 0 Å². The van der Waals surface area contributed by atoms with E-state index in [1.54, 1.807) is 0 Å². The van der Waals surface area contributed by atoms with Crippen LogP contribution in [0.2, 0.25) is 0 Å². The van der Waals surface area contributed by atoms with Gasteiger partial charge in [0, 0.05) is 18.1 Å². The molecule has 0 aliphatic heterocycles. The van der Waals surface area contributed by atoms with Crippen LogP contribution in [-0.2, 0) is 4.79 Å². The highest BCUT2D eigenvalue weighted by molar-refractivity contribution is 5.85. The van der Waals surface area contributed by atoms with Crippen molar-refractivity contribution in [3.8, 4) is 0 Å². The molecule has 4 heteroatoms. The standard InChI is InChI=1S/C15H29N3O/c1-4-12(5-2)18(3)13-8-9-15(10-13,14(16)19)17-11-6-7-11/h11-13,17H,4-10H2,1-3H3,(H2,16,19). The van der Waals surface area contributed by atoms with Crippen molar-refractivity contribution in [1.82, 2.24) is 10.2 Å². The Kier molecular flexibility index (Phi) is 4.51. The van der Waals surface area contributed by atoms with Crippen LogP contribution in [-0.4, -0.2) is 41.5 Å². The highest BCUT2D eigenvalue weighted by atomic mass is 16.1. The summed E-state index contributed by atoms with van der Waals surface area (Å²) in [6.45, 7) is 4.48. The summed E-state index contributed by atoms with van der Waals surface area (Å²) in [6, 6.07) is 1.64. The Balaban J connectivity index is 2.01. The maximum Gasteiger partial charge on any atom is 0.237 e. The summed E-state index contributed by atoms with van der Waals surface area (Å²) in [5.74, 6) is -0.153. The first-order valence-corrected chi connectivity index (χ1v) is 7.82. The van der Waals surface area contributed by atoms with E-state index in [4.69, 9.17) is 5.73 Å². The molecule has 2 aliphatic rings. The van der Waals surface area contributed by atoms with Crippen molar-refractivity contribution in [2.45, 2.75) is 82.5 Å². The van der Waals surface area contributed by atoms with E-state index in [1.165, 1.54) is 25.7 Å².